The fraction of sp³-hybridized carbons (Fsp3) is 0.562. The summed E-state index contributed by atoms with van der Waals surface area (Å²) in [6.07, 6.45) is 4.46. The fourth-order valence-electron chi connectivity index (χ4n) is 3.87. The first kappa shape index (κ1) is 14.3. The molecule has 2 aliphatic heterocycles. The maximum absolute atomic E-state index is 13.4. The highest BCUT2D eigenvalue weighted by Gasteiger charge is 2.43. The van der Waals surface area contributed by atoms with Crippen LogP contribution < -0.4 is 0 Å². The summed E-state index contributed by atoms with van der Waals surface area (Å²) < 4.78 is 13.4. The van der Waals surface area contributed by atoms with E-state index >= 15 is 0 Å². The first-order chi connectivity index (χ1) is 10.1. The summed E-state index contributed by atoms with van der Waals surface area (Å²) in [5, 5.41) is 18.8. The molecule has 2 bridgehead atoms. The number of rotatable bonds is 3. The van der Waals surface area contributed by atoms with Gasteiger partial charge in [0.1, 0.15) is 0 Å². The van der Waals surface area contributed by atoms with Gasteiger partial charge in [-0.1, -0.05) is 6.07 Å². The van der Waals surface area contributed by atoms with E-state index in [0.29, 0.717) is 5.92 Å². The molecule has 2 unspecified atom stereocenters. The van der Waals surface area contributed by atoms with Crippen LogP contribution in [0.15, 0.2) is 18.2 Å². The van der Waals surface area contributed by atoms with Crippen molar-refractivity contribution in [2.75, 3.05) is 6.61 Å². The number of fused-ring (bicyclic) bond motifs is 2. The zero-order chi connectivity index (χ0) is 15.0. The molecule has 0 radical (unpaired) electrons. The Bertz CT molecular complexity index is 534. The SMILES string of the molecule is O=C(c1cccc(F)c1O)N1C2CCC1CC(CCO)C2. The van der Waals surface area contributed by atoms with E-state index < -0.39 is 11.6 Å². The van der Waals surface area contributed by atoms with Crippen molar-refractivity contribution in [1.82, 2.24) is 4.90 Å². The number of nitrogens with zero attached hydrogens (tertiary/aromatic N) is 1. The predicted octanol–water partition coefficient (Wildman–Crippen LogP) is 2.30. The molecule has 2 fully saturated rings. The second kappa shape index (κ2) is 5.64. The highest BCUT2D eigenvalue weighted by atomic mass is 19.1. The van der Waals surface area contributed by atoms with Crippen LogP contribution in [0.5, 0.6) is 5.75 Å². The van der Waals surface area contributed by atoms with Crippen molar-refractivity contribution in [3.05, 3.63) is 29.6 Å². The number of phenolic OH excluding ortho intramolecular Hbond substituents is 1. The van der Waals surface area contributed by atoms with E-state index in [2.05, 4.69) is 0 Å². The first-order valence-corrected chi connectivity index (χ1v) is 7.52. The number of aliphatic hydroxyl groups is 1. The summed E-state index contributed by atoms with van der Waals surface area (Å²) in [5.41, 5.74) is 0.0486. The molecular weight excluding hydrogens is 273 g/mol. The molecule has 21 heavy (non-hydrogen) atoms. The van der Waals surface area contributed by atoms with E-state index in [0.717, 1.165) is 38.2 Å². The number of para-hydroxylation sites is 1. The van der Waals surface area contributed by atoms with Crippen LogP contribution in [-0.4, -0.2) is 39.7 Å². The number of aromatic hydroxyl groups is 1. The van der Waals surface area contributed by atoms with Crippen LogP contribution in [-0.2, 0) is 0 Å². The van der Waals surface area contributed by atoms with Crippen molar-refractivity contribution in [1.29, 1.82) is 0 Å². The minimum Gasteiger partial charge on any atom is -0.504 e. The Balaban J connectivity index is 1.82. The first-order valence-electron chi connectivity index (χ1n) is 7.52. The zero-order valence-electron chi connectivity index (χ0n) is 11.8. The molecule has 3 rings (SSSR count). The molecule has 1 aromatic rings. The van der Waals surface area contributed by atoms with Gasteiger partial charge < -0.3 is 15.1 Å². The van der Waals surface area contributed by atoms with Gasteiger partial charge in [0.2, 0.25) is 0 Å². The summed E-state index contributed by atoms with van der Waals surface area (Å²) in [6, 6.07) is 4.36. The molecule has 1 amide bonds. The van der Waals surface area contributed by atoms with Crippen molar-refractivity contribution in [2.45, 2.75) is 44.2 Å². The summed E-state index contributed by atoms with van der Waals surface area (Å²) in [6.45, 7) is 0.183. The molecule has 2 N–H and O–H groups in total. The number of carbonyl (C=O) groups is 1. The van der Waals surface area contributed by atoms with Crippen LogP contribution in [0.1, 0.15) is 42.5 Å². The van der Waals surface area contributed by atoms with E-state index in [1.807, 2.05) is 4.90 Å². The third-order valence-electron chi connectivity index (χ3n) is 4.82. The number of halogens is 1. The van der Waals surface area contributed by atoms with Gasteiger partial charge in [-0.2, -0.15) is 0 Å². The lowest BCUT2D eigenvalue weighted by Gasteiger charge is -2.39. The summed E-state index contributed by atoms with van der Waals surface area (Å²) in [7, 11) is 0. The van der Waals surface area contributed by atoms with Gasteiger partial charge in [0.25, 0.3) is 5.91 Å². The molecule has 114 valence electrons. The molecule has 4 nitrogen and oxygen atoms in total. The lowest BCUT2D eigenvalue weighted by atomic mass is 9.88. The summed E-state index contributed by atoms with van der Waals surface area (Å²) >= 11 is 0. The van der Waals surface area contributed by atoms with E-state index in [1.165, 1.54) is 12.1 Å². The normalized spacial score (nSPS) is 27.9. The number of piperidine rings is 1. The number of phenols is 1. The fourth-order valence-corrected chi connectivity index (χ4v) is 3.87. The van der Waals surface area contributed by atoms with Crippen LogP contribution in [0.3, 0.4) is 0 Å². The highest BCUT2D eigenvalue weighted by Crippen LogP contribution is 2.41. The molecule has 2 atom stereocenters. The van der Waals surface area contributed by atoms with Gasteiger partial charge in [-0.05, 0) is 50.2 Å². The second-order valence-corrected chi connectivity index (χ2v) is 6.08. The third kappa shape index (κ3) is 2.50. The largest absolute Gasteiger partial charge is 0.504 e. The Morgan fingerprint density at radius 3 is 2.57 bits per heavy atom. The van der Waals surface area contributed by atoms with Gasteiger partial charge in [0.15, 0.2) is 11.6 Å². The van der Waals surface area contributed by atoms with Crippen LogP contribution in [0, 0.1) is 11.7 Å². The quantitative estimate of drug-likeness (QED) is 0.899. The van der Waals surface area contributed by atoms with Crippen molar-refractivity contribution >= 4 is 5.91 Å². The summed E-state index contributed by atoms with van der Waals surface area (Å²) in [4.78, 5) is 14.5. The van der Waals surface area contributed by atoms with Crippen molar-refractivity contribution < 1.29 is 19.4 Å². The average Bonchev–Trinajstić information content (AvgIpc) is 2.73. The van der Waals surface area contributed by atoms with E-state index in [-0.39, 0.29) is 30.2 Å². The van der Waals surface area contributed by atoms with Crippen molar-refractivity contribution in [3.8, 4) is 5.75 Å². The minimum absolute atomic E-state index is 0.0486. The number of benzene rings is 1. The minimum atomic E-state index is -0.761. The molecule has 1 aromatic carbocycles. The molecular formula is C16H20FNO3. The number of hydrogen-bond donors (Lipinski definition) is 2. The zero-order valence-corrected chi connectivity index (χ0v) is 11.8. The van der Waals surface area contributed by atoms with Gasteiger partial charge in [0.05, 0.1) is 5.56 Å². The van der Waals surface area contributed by atoms with Crippen LogP contribution >= 0.6 is 0 Å². The molecule has 0 spiro atoms. The third-order valence-corrected chi connectivity index (χ3v) is 4.82. The molecule has 2 aliphatic rings. The molecule has 2 heterocycles. The second-order valence-electron chi connectivity index (χ2n) is 6.08. The monoisotopic (exact) mass is 293 g/mol. The van der Waals surface area contributed by atoms with Gasteiger partial charge in [-0.15, -0.1) is 0 Å². The Hall–Kier alpha value is -1.62. The topological polar surface area (TPSA) is 60.8 Å². The summed E-state index contributed by atoms with van der Waals surface area (Å²) in [5.74, 6) is -1.14. The molecule has 5 heteroatoms. The molecule has 0 aromatic heterocycles. The molecule has 2 saturated heterocycles. The van der Waals surface area contributed by atoms with E-state index in [4.69, 9.17) is 5.11 Å². The predicted molar refractivity (Wildman–Crippen MR) is 75.5 cm³/mol. The van der Waals surface area contributed by atoms with Crippen LogP contribution in [0.4, 0.5) is 4.39 Å². The molecule has 0 saturated carbocycles. The van der Waals surface area contributed by atoms with E-state index in [1.54, 1.807) is 0 Å². The van der Waals surface area contributed by atoms with Gasteiger partial charge in [-0.3, -0.25) is 4.79 Å². The number of aliphatic hydroxyl groups excluding tert-OH is 1. The number of amides is 1. The van der Waals surface area contributed by atoms with Gasteiger partial charge in [0, 0.05) is 18.7 Å². The maximum Gasteiger partial charge on any atom is 0.258 e. The molecule has 0 aliphatic carbocycles. The van der Waals surface area contributed by atoms with E-state index in [9.17, 15) is 14.3 Å². The lowest BCUT2D eigenvalue weighted by Crippen LogP contribution is -2.46. The Morgan fingerprint density at radius 2 is 1.95 bits per heavy atom. The smallest absolute Gasteiger partial charge is 0.258 e. The van der Waals surface area contributed by atoms with Gasteiger partial charge in [-0.25, -0.2) is 4.39 Å². The number of carbonyl (C=O) groups excluding carboxylic acids is 1. The standard InChI is InChI=1S/C16H20FNO3/c17-14-3-1-2-13(15(14)20)16(21)18-11-4-5-12(18)9-10(8-11)6-7-19/h1-3,10-12,19-20H,4-9H2. The van der Waals surface area contributed by atoms with Gasteiger partial charge >= 0.3 is 0 Å². The van der Waals surface area contributed by atoms with Crippen LogP contribution in [0.2, 0.25) is 0 Å². The lowest BCUT2D eigenvalue weighted by molar-refractivity contribution is 0.0497. The van der Waals surface area contributed by atoms with Crippen LogP contribution in [0.25, 0.3) is 0 Å². The Labute approximate surface area is 123 Å². The number of hydrogen-bond acceptors (Lipinski definition) is 3. The maximum atomic E-state index is 13.4. The highest BCUT2D eigenvalue weighted by molar-refractivity contribution is 5.97. The van der Waals surface area contributed by atoms with Crippen molar-refractivity contribution in [2.24, 2.45) is 5.92 Å². The Morgan fingerprint density at radius 1 is 1.29 bits per heavy atom. The van der Waals surface area contributed by atoms with Crippen molar-refractivity contribution in [3.63, 3.8) is 0 Å². The average molecular weight is 293 g/mol. The Kier molecular flexibility index (Phi) is 3.85.